The average molecular weight is 333 g/mol. The van der Waals surface area contributed by atoms with Gasteiger partial charge >= 0.3 is 5.97 Å². The molecule has 0 aliphatic heterocycles. The van der Waals surface area contributed by atoms with E-state index in [-0.39, 0.29) is 5.57 Å². The van der Waals surface area contributed by atoms with Crippen LogP contribution in [0.3, 0.4) is 0 Å². The smallest absolute Gasteiger partial charge is 0.336 e. The predicted octanol–water partition coefficient (Wildman–Crippen LogP) is 4.08. The standard InChI is InChI=1S/C16H13BrO3/c1-20-14-8-2-11(3-9-14)10-15(16(18)19)12-4-6-13(17)7-5-12/h2-10H,1H3,(H,18,19). The van der Waals surface area contributed by atoms with Crippen LogP contribution in [0.2, 0.25) is 0 Å². The first-order chi connectivity index (χ1) is 9.60. The number of carbonyl (C=O) groups is 1. The lowest BCUT2D eigenvalue weighted by Gasteiger charge is -2.04. The van der Waals surface area contributed by atoms with E-state index in [1.54, 1.807) is 37.5 Å². The van der Waals surface area contributed by atoms with Crippen molar-refractivity contribution in [3.63, 3.8) is 0 Å². The van der Waals surface area contributed by atoms with Crippen molar-refractivity contribution in [3.05, 3.63) is 64.1 Å². The summed E-state index contributed by atoms with van der Waals surface area (Å²) in [6.07, 6.45) is 1.64. The summed E-state index contributed by atoms with van der Waals surface area (Å²) in [6, 6.07) is 14.4. The number of hydrogen-bond acceptors (Lipinski definition) is 2. The van der Waals surface area contributed by atoms with E-state index in [0.29, 0.717) is 5.56 Å². The Bertz CT molecular complexity index is 628. The molecule has 0 atom stereocenters. The zero-order chi connectivity index (χ0) is 14.5. The van der Waals surface area contributed by atoms with Gasteiger partial charge in [-0.15, -0.1) is 0 Å². The lowest BCUT2D eigenvalue weighted by Crippen LogP contribution is -1.99. The molecule has 2 rings (SSSR count). The molecule has 0 fully saturated rings. The molecule has 4 heteroatoms. The molecule has 0 amide bonds. The summed E-state index contributed by atoms with van der Waals surface area (Å²) in [5, 5.41) is 9.35. The number of carboxylic acids is 1. The zero-order valence-electron chi connectivity index (χ0n) is 10.8. The SMILES string of the molecule is COc1ccc(C=C(C(=O)O)c2ccc(Br)cc2)cc1. The fraction of sp³-hybridized carbons (Fsp3) is 0.0625. The van der Waals surface area contributed by atoms with Gasteiger partial charge in [0.2, 0.25) is 0 Å². The van der Waals surface area contributed by atoms with E-state index in [1.165, 1.54) is 0 Å². The number of rotatable bonds is 4. The molecule has 1 N–H and O–H groups in total. The van der Waals surface area contributed by atoms with E-state index in [9.17, 15) is 9.90 Å². The first-order valence-electron chi connectivity index (χ1n) is 5.95. The fourth-order valence-electron chi connectivity index (χ4n) is 1.76. The molecule has 0 saturated carbocycles. The summed E-state index contributed by atoms with van der Waals surface area (Å²) in [5.41, 5.74) is 1.73. The van der Waals surface area contributed by atoms with Crippen molar-refractivity contribution in [2.75, 3.05) is 7.11 Å². The Morgan fingerprint density at radius 2 is 1.70 bits per heavy atom. The van der Waals surface area contributed by atoms with E-state index in [2.05, 4.69) is 15.9 Å². The Labute approximate surface area is 125 Å². The second kappa shape index (κ2) is 6.39. The largest absolute Gasteiger partial charge is 0.497 e. The Kier molecular flexibility index (Phi) is 4.58. The Morgan fingerprint density at radius 1 is 1.10 bits per heavy atom. The molecule has 0 aliphatic carbocycles. The molecule has 0 saturated heterocycles. The van der Waals surface area contributed by atoms with E-state index < -0.39 is 5.97 Å². The summed E-state index contributed by atoms with van der Waals surface area (Å²) in [6.45, 7) is 0. The van der Waals surface area contributed by atoms with Crippen LogP contribution in [0.15, 0.2) is 53.0 Å². The highest BCUT2D eigenvalue weighted by Gasteiger charge is 2.10. The van der Waals surface area contributed by atoms with Crippen LogP contribution in [0.5, 0.6) is 5.75 Å². The van der Waals surface area contributed by atoms with Gasteiger partial charge in [0.15, 0.2) is 0 Å². The third-order valence-corrected chi connectivity index (χ3v) is 3.34. The topological polar surface area (TPSA) is 46.5 Å². The highest BCUT2D eigenvalue weighted by molar-refractivity contribution is 9.10. The molecule has 2 aromatic carbocycles. The molecule has 0 aliphatic rings. The van der Waals surface area contributed by atoms with Gasteiger partial charge in [0.1, 0.15) is 5.75 Å². The molecule has 0 spiro atoms. The third kappa shape index (κ3) is 3.48. The summed E-state index contributed by atoms with van der Waals surface area (Å²) in [5.74, 6) is -0.217. The van der Waals surface area contributed by atoms with Crippen LogP contribution in [0.25, 0.3) is 11.6 Å². The summed E-state index contributed by atoms with van der Waals surface area (Å²) in [7, 11) is 1.59. The van der Waals surface area contributed by atoms with Gasteiger partial charge in [0.25, 0.3) is 0 Å². The first-order valence-corrected chi connectivity index (χ1v) is 6.74. The molecular formula is C16H13BrO3. The first kappa shape index (κ1) is 14.3. The molecule has 20 heavy (non-hydrogen) atoms. The average Bonchev–Trinajstić information content (AvgIpc) is 2.46. The number of ether oxygens (including phenoxy) is 1. The van der Waals surface area contributed by atoms with Gasteiger partial charge in [-0.1, -0.05) is 40.2 Å². The lowest BCUT2D eigenvalue weighted by molar-refractivity contribution is -0.130. The summed E-state index contributed by atoms with van der Waals surface area (Å²) in [4.78, 5) is 11.4. The molecule has 102 valence electrons. The monoisotopic (exact) mass is 332 g/mol. The van der Waals surface area contributed by atoms with Crippen LogP contribution in [0, 0.1) is 0 Å². The second-order valence-electron chi connectivity index (χ2n) is 4.14. The lowest BCUT2D eigenvalue weighted by atomic mass is 10.0. The van der Waals surface area contributed by atoms with Crippen molar-refractivity contribution in [1.29, 1.82) is 0 Å². The maximum atomic E-state index is 11.4. The van der Waals surface area contributed by atoms with Gasteiger partial charge < -0.3 is 9.84 Å². The molecule has 3 nitrogen and oxygen atoms in total. The number of carboxylic acid groups (broad SMARTS) is 1. The number of halogens is 1. The van der Waals surface area contributed by atoms with Gasteiger partial charge in [-0.05, 0) is 41.5 Å². The van der Waals surface area contributed by atoms with Gasteiger partial charge in [0, 0.05) is 4.47 Å². The minimum Gasteiger partial charge on any atom is -0.497 e. The van der Waals surface area contributed by atoms with Crippen molar-refractivity contribution < 1.29 is 14.6 Å². The maximum Gasteiger partial charge on any atom is 0.336 e. The molecule has 2 aromatic rings. The number of hydrogen-bond donors (Lipinski definition) is 1. The normalized spacial score (nSPS) is 11.2. The van der Waals surface area contributed by atoms with Gasteiger partial charge in [0.05, 0.1) is 12.7 Å². The van der Waals surface area contributed by atoms with Gasteiger partial charge in [-0.25, -0.2) is 4.79 Å². The Balaban J connectivity index is 2.39. The third-order valence-electron chi connectivity index (χ3n) is 2.81. The van der Waals surface area contributed by atoms with Gasteiger partial charge in [-0.3, -0.25) is 0 Å². The maximum absolute atomic E-state index is 11.4. The molecule has 0 aromatic heterocycles. The Hall–Kier alpha value is -2.07. The molecule has 0 radical (unpaired) electrons. The van der Waals surface area contributed by atoms with Crippen molar-refractivity contribution in [1.82, 2.24) is 0 Å². The second-order valence-corrected chi connectivity index (χ2v) is 5.06. The Morgan fingerprint density at radius 3 is 2.20 bits per heavy atom. The number of aliphatic carboxylic acids is 1. The minimum absolute atomic E-state index is 0.252. The number of benzene rings is 2. The quantitative estimate of drug-likeness (QED) is 0.677. The zero-order valence-corrected chi connectivity index (χ0v) is 12.4. The van der Waals surface area contributed by atoms with Crippen LogP contribution in [0.1, 0.15) is 11.1 Å². The molecule has 0 bridgehead atoms. The van der Waals surface area contributed by atoms with E-state index in [1.807, 2.05) is 24.3 Å². The summed E-state index contributed by atoms with van der Waals surface area (Å²) >= 11 is 3.33. The van der Waals surface area contributed by atoms with Crippen LogP contribution in [-0.4, -0.2) is 18.2 Å². The van der Waals surface area contributed by atoms with E-state index >= 15 is 0 Å². The minimum atomic E-state index is -0.955. The molecule has 0 heterocycles. The summed E-state index contributed by atoms with van der Waals surface area (Å²) < 4.78 is 5.99. The van der Waals surface area contributed by atoms with Crippen molar-refractivity contribution in [3.8, 4) is 5.75 Å². The van der Waals surface area contributed by atoms with Crippen LogP contribution >= 0.6 is 15.9 Å². The predicted molar refractivity (Wildman–Crippen MR) is 82.6 cm³/mol. The van der Waals surface area contributed by atoms with E-state index in [0.717, 1.165) is 15.8 Å². The van der Waals surface area contributed by atoms with Crippen molar-refractivity contribution >= 4 is 33.5 Å². The molecular weight excluding hydrogens is 320 g/mol. The van der Waals surface area contributed by atoms with Crippen LogP contribution < -0.4 is 4.74 Å². The van der Waals surface area contributed by atoms with Crippen molar-refractivity contribution in [2.45, 2.75) is 0 Å². The fourth-order valence-corrected chi connectivity index (χ4v) is 2.03. The van der Waals surface area contributed by atoms with Gasteiger partial charge in [-0.2, -0.15) is 0 Å². The highest BCUT2D eigenvalue weighted by atomic mass is 79.9. The number of methoxy groups -OCH3 is 1. The molecule has 0 unspecified atom stereocenters. The van der Waals surface area contributed by atoms with E-state index in [4.69, 9.17) is 4.74 Å². The van der Waals surface area contributed by atoms with Crippen LogP contribution in [-0.2, 0) is 4.79 Å². The highest BCUT2D eigenvalue weighted by Crippen LogP contribution is 2.22. The van der Waals surface area contributed by atoms with Crippen LogP contribution in [0.4, 0.5) is 0 Å². The van der Waals surface area contributed by atoms with Crippen molar-refractivity contribution in [2.24, 2.45) is 0 Å².